The second-order valence-electron chi connectivity index (χ2n) is 4.44. The Morgan fingerprint density at radius 3 is 2.75 bits per heavy atom. The number of hydrogen-bond donors (Lipinski definition) is 1. The molecule has 0 saturated heterocycles. The molecule has 0 spiro atoms. The number of nitrogens with zero attached hydrogens (tertiary/aromatic N) is 2. The maximum absolute atomic E-state index is 4.31. The third kappa shape index (κ3) is 5.22. The lowest BCUT2D eigenvalue weighted by Crippen LogP contribution is -2.24. The Morgan fingerprint density at radius 1 is 1.35 bits per heavy atom. The first kappa shape index (κ1) is 15.9. The number of rotatable bonds is 6. The molecule has 0 aromatic heterocycles. The van der Waals surface area contributed by atoms with Crippen LogP contribution in [0, 0.1) is 6.92 Å². The first-order valence-corrected chi connectivity index (χ1v) is 6.83. The van der Waals surface area contributed by atoms with Gasteiger partial charge >= 0.3 is 0 Å². The third-order valence-corrected chi connectivity index (χ3v) is 2.76. The van der Waals surface area contributed by atoms with Crippen molar-refractivity contribution < 1.29 is 0 Å². The van der Waals surface area contributed by atoms with Crippen molar-refractivity contribution in [1.29, 1.82) is 0 Å². The van der Waals surface area contributed by atoms with E-state index < -0.39 is 0 Å². The molecule has 0 bridgehead atoms. The Hall–Kier alpha value is -2.16. The molecule has 0 heterocycles. The fraction of sp³-hybridized carbons (Fsp3) is 0.294. The third-order valence-electron chi connectivity index (χ3n) is 2.76. The summed E-state index contributed by atoms with van der Waals surface area (Å²) in [6, 6.07) is 8.16. The predicted octanol–water partition coefficient (Wildman–Crippen LogP) is 3.86. The molecule has 1 rings (SSSR count). The molecule has 0 aliphatic heterocycles. The fourth-order valence-corrected chi connectivity index (χ4v) is 1.72. The Kier molecular flexibility index (Phi) is 7.04. The van der Waals surface area contributed by atoms with Gasteiger partial charge in [0.15, 0.2) is 0 Å². The van der Waals surface area contributed by atoms with Crippen LogP contribution in [0.5, 0.6) is 0 Å². The highest BCUT2D eigenvalue weighted by molar-refractivity contribution is 6.00. The quantitative estimate of drug-likeness (QED) is 0.618. The van der Waals surface area contributed by atoms with Crippen LogP contribution >= 0.6 is 0 Å². The van der Waals surface area contributed by atoms with E-state index in [0.29, 0.717) is 0 Å². The van der Waals surface area contributed by atoms with E-state index in [1.807, 2.05) is 24.4 Å². The molecule has 3 heteroatoms. The van der Waals surface area contributed by atoms with Crippen LogP contribution in [0.2, 0.25) is 0 Å². The highest BCUT2D eigenvalue weighted by atomic mass is 15.0. The molecule has 0 amide bonds. The number of nitrogens with one attached hydrogen (secondary N) is 1. The van der Waals surface area contributed by atoms with Crippen molar-refractivity contribution in [1.82, 2.24) is 5.32 Å². The maximum atomic E-state index is 4.31. The second-order valence-corrected chi connectivity index (χ2v) is 4.44. The molecule has 106 valence electrons. The fourth-order valence-electron chi connectivity index (χ4n) is 1.72. The molecule has 1 N–H and O–H groups in total. The lowest BCUT2D eigenvalue weighted by molar-refractivity contribution is 1.03. The van der Waals surface area contributed by atoms with Crippen molar-refractivity contribution in [2.24, 2.45) is 9.98 Å². The number of aliphatic imine (C=N–C) groups is 2. The zero-order valence-corrected chi connectivity index (χ0v) is 12.6. The SMILES string of the molecule is C=C(C/C=C\N=C/CC)N/C(=N/C)c1ccccc1C. The average molecular weight is 269 g/mol. The van der Waals surface area contributed by atoms with Crippen LogP contribution in [0.1, 0.15) is 30.9 Å². The van der Waals surface area contributed by atoms with Crippen LogP contribution in [0.3, 0.4) is 0 Å². The van der Waals surface area contributed by atoms with Gasteiger partial charge in [-0.3, -0.25) is 9.98 Å². The van der Waals surface area contributed by atoms with Gasteiger partial charge in [-0.25, -0.2) is 0 Å². The van der Waals surface area contributed by atoms with E-state index in [-0.39, 0.29) is 0 Å². The zero-order chi connectivity index (χ0) is 14.8. The molecular formula is C17H23N3. The van der Waals surface area contributed by atoms with E-state index in [1.54, 1.807) is 13.2 Å². The molecule has 0 aliphatic rings. The summed E-state index contributed by atoms with van der Waals surface area (Å²) in [7, 11) is 1.78. The number of hydrogen-bond acceptors (Lipinski definition) is 2. The van der Waals surface area contributed by atoms with E-state index in [9.17, 15) is 0 Å². The zero-order valence-electron chi connectivity index (χ0n) is 12.6. The largest absolute Gasteiger partial charge is 0.344 e. The predicted molar refractivity (Wildman–Crippen MR) is 88.5 cm³/mol. The molecule has 1 aromatic carbocycles. The molecule has 0 saturated carbocycles. The summed E-state index contributed by atoms with van der Waals surface area (Å²) in [4.78, 5) is 8.44. The summed E-state index contributed by atoms with van der Waals surface area (Å²) >= 11 is 0. The van der Waals surface area contributed by atoms with Gasteiger partial charge < -0.3 is 5.32 Å². The van der Waals surface area contributed by atoms with E-state index in [2.05, 4.69) is 47.9 Å². The van der Waals surface area contributed by atoms with Crippen LogP contribution in [-0.2, 0) is 0 Å². The van der Waals surface area contributed by atoms with Crippen LogP contribution < -0.4 is 5.32 Å². The average Bonchev–Trinajstić information content (AvgIpc) is 2.45. The van der Waals surface area contributed by atoms with Crippen molar-refractivity contribution in [3.05, 3.63) is 59.9 Å². The molecule has 20 heavy (non-hydrogen) atoms. The number of amidine groups is 1. The molecule has 0 radical (unpaired) electrons. The number of benzene rings is 1. The monoisotopic (exact) mass is 269 g/mol. The molecule has 3 nitrogen and oxygen atoms in total. The minimum absolute atomic E-state index is 0.728. The van der Waals surface area contributed by atoms with E-state index in [0.717, 1.165) is 29.9 Å². The van der Waals surface area contributed by atoms with Crippen LogP contribution in [0.4, 0.5) is 0 Å². The highest BCUT2D eigenvalue weighted by Gasteiger charge is 2.05. The van der Waals surface area contributed by atoms with Gasteiger partial charge in [0.25, 0.3) is 0 Å². The molecule has 0 atom stereocenters. The van der Waals surface area contributed by atoms with E-state index in [1.165, 1.54) is 5.56 Å². The molecule has 1 aromatic rings. The van der Waals surface area contributed by atoms with Crippen LogP contribution in [-0.4, -0.2) is 19.1 Å². The van der Waals surface area contributed by atoms with Crippen molar-refractivity contribution in [3.8, 4) is 0 Å². The summed E-state index contributed by atoms with van der Waals surface area (Å²) in [6.07, 6.45) is 7.33. The first-order chi connectivity index (χ1) is 9.69. The van der Waals surface area contributed by atoms with Gasteiger partial charge in [0.05, 0.1) is 0 Å². The summed E-state index contributed by atoms with van der Waals surface area (Å²) in [6.45, 7) is 8.15. The minimum atomic E-state index is 0.728. The van der Waals surface area contributed by atoms with Gasteiger partial charge in [-0.05, 0) is 18.9 Å². The van der Waals surface area contributed by atoms with Crippen LogP contribution in [0.15, 0.2) is 58.8 Å². The van der Waals surface area contributed by atoms with Gasteiger partial charge in [-0.15, -0.1) is 0 Å². The summed E-state index contributed by atoms with van der Waals surface area (Å²) in [5.41, 5.74) is 3.19. The van der Waals surface area contributed by atoms with Crippen molar-refractivity contribution in [3.63, 3.8) is 0 Å². The van der Waals surface area contributed by atoms with Crippen molar-refractivity contribution in [2.75, 3.05) is 7.05 Å². The van der Waals surface area contributed by atoms with Gasteiger partial charge in [0.2, 0.25) is 0 Å². The smallest absolute Gasteiger partial charge is 0.132 e. The Labute approximate surface area is 121 Å². The standard InChI is InChI=1S/C17H23N3/c1-5-12-19-13-8-10-15(3)20-17(18-4)16-11-7-6-9-14(16)2/h6-9,11-13H,3,5,10H2,1-2,4H3,(H,18,20)/b13-8-,19-12-. The van der Waals surface area contributed by atoms with Crippen LogP contribution in [0.25, 0.3) is 0 Å². The van der Waals surface area contributed by atoms with Gasteiger partial charge in [-0.1, -0.05) is 43.8 Å². The summed E-state index contributed by atoms with van der Waals surface area (Å²) in [5, 5.41) is 3.27. The lowest BCUT2D eigenvalue weighted by Gasteiger charge is -2.12. The lowest BCUT2D eigenvalue weighted by atomic mass is 10.1. The second kappa shape index (κ2) is 8.86. The molecule has 0 aliphatic carbocycles. The van der Waals surface area contributed by atoms with Crippen molar-refractivity contribution in [2.45, 2.75) is 26.7 Å². The minimum Gasteiger partial charge on any atom is -0.344 e. The van der Waals surface area contributed by atoms with E-state index >= 15 is 0 Å². The Bertz CT molecular complexity index is 525. The summed E-state index contributed by atoms with van der Waals surface area (Å²) < 4.78 is 0. The normalized spacial score (nSPS) is 12.2. The van der Waals surface area contributed by atoms with Crippen molar-refractivity contribution >= 4 is 12.1 Å². The molecule has 0 fully saturated rings. The first-order valence-electron chi connectivity index (χ1n) is 6.83. The Balaban J connectivity index is 2.62. The number of aryl methyl sites for hydroxylation is 1. The maximum Gasteiger partial charge on any atom is 0.132 e. The van der Waals surface area contributed by atoms with Gasteiger partial charge in [-0.2, -0.15) is 0 Å². The Morgan fingerprint density at radius 2 is 2.10 bits per heavy atom. The van der Waals surface area contributed by atoms with Gasteiger partial charge in [0, 0.05) is 37.1 Å². The topological polar surface area (TPSA) is 36.8 Å². The molecule has 0 unspecified atom stereocenters. The summed E-state index contributed by atoms with van der Waals surface area (Å²) in [5.74, 6) is 0.846. The number of allylic oxidation sites excluding steroid dienone is 1. The highest BCUT2D eigenvalue weighted by Crippen LogP contribution is 2.09. The van der Waals surface area contributed by atoms with Gasteiger partial charge in [0.1, 0.15) is 5.84 Å². The molecular weight excluding hydrogens is 246 g/mol. The van der Waals surface area contributed by atoms with E-state index in [4.69, 9.17) is 0 Å².